The van der Waals surface area contributed by atoms with Gasteiger partial charge in [-0.15, -0.1) is 0 Å². The van der Waals surface area contributed by atoms with Crippen LogP contribution in [0, 0.1) is 0 Å². The highest BCUT2D eigenvalue weighted by molar-refractivity contribution is 9.10. The average Bonchev–Trinajstić information content (AvgIpc) is 2.61. The largest absolute Gasteiger partial charge is 0.494 e. The molecule has 0 saturated carbocycles. The van der Waals surface area contributed by atoms with Crippen molar-refractivity contribution >= 4 is 26.8 Å². The summed E-state index contributed by atoms with van der Waals surface area (Å²) in [6, 6.07) is 13.2. The van der Waals surface area contributed by atoms with Crippen LogP contribution in [0.2, 0.25) is 0 Å². The van der Waals surface area contributed by atoms with Gasteiger partial charge in [0.1, 0.15) is 5.75 Å². The molecule has 1 aromatic heterocycles. The highest BCUT2D eigenvalue weighted by atomic mass is 79.9. The molecule has 3 aromatic rings. The van der Waals surface area contributed by atoms with Crippen molar-refractivity contribution in [1.29, 1.82) is 0 Å². The quantitative estimate of drug-likeness (QED) is 0.558. The Bertz CT molecular complexity index is 1060. The van der Waals surface area contributed by atoms with Gasteiger partial charge in [-0.2, -0.15) is 0 Å². The Morgan fingerprint density at radius 2 is 1.78 bits per heavy atom. The van der Waals surface area contributed by atoms with Gasteiger partial charge >= 0.3 is 11.4 Å². The van der Waals surface area contributed by atoms with E-state index in [1.165, 1.54) is 10.1 Å². The second-order valence-electron chi connectivity index (χ2n) is 7.44. The number of fused-ring (bicyclic) bond motifs is 1. The molecule has 0 aliphatic heterocycles. The number of halogens is 1. The predicted octanol–water partition coefficient (Wildman–Crippen LogP) is 4.48. The molecule has 0 N–H and O–H groups in total. The number of nitrogens with zero attached hydrogens (tertiary/aromatic N) is 1. The Balaban J connectivity index is 1.68. The van der Waals surface area contributed by atoms with E-state index < -0.39 is 11.4 Å². The fourth-order valence-corrected chi connectivity index (χ4v) is 3.23. The van der Waals surface area contributed by atoms with Crippen molar-refractivity contribution in [2.45, 2.75) is 39.2 Å². The van der Waals surface area contributed by atoms with Gasteiger partial charge in [-0.3, -0.25) is 4.57 Å². The van der Waals surface area contributed by atoms with Gasteiger partial charge < -0.3 is 9.15 Å². The summed E-state index contributed by atoms with van der Waals surface area (Å²) in [5.74, 6) is 0.146. The van der Waals surface area contributed by atoms with Crippen molar-refractivity contribution in [1.82, 2.24) is 4.57 Å². The van der Waals surface area contributed by atoms with Crippen LogP contribution in [0.4, 0.5) is 0 Å². The van der Waals surface area contributed by atoms with Gasteiger partial charge in [-0.1, -0.05) is 48.8 Å². The van der Waals surface area contributed by atoms with Crippen LogP contribution >= 0.6 is 15.9 Å². The van der Waals surface area contributed by atoms with Crippen molar-refractivity contribution in [2.24, 2.45) is 0 Å². The van der Waals surface area contributed by atoms with Crippen molar-refractivity contribution in [3.63, 3.8) is 0 Å². The molecule has 142 valence electrons. The minimum Gasteiger partial charge on any atom is -0.494 e. The van der Waals surface area contributed by atoms with Crippen LogP contribution in [0.15, 0.2) is 60.9 Å². The maximum atomic E-state index is 12.1. The third kappa shape index (κ3) is 4.50. The molecule has 2 aromatic carbocycles. The molecule has 0 bridgehead atoms. The van der Waals surface area contributed by atoms with Gasteiger partial charge in [0.25, 0.3) is 0 Å². The summed E-state index contributed by atoms with van der Waals surface area (Å²) in [4.78, 5) is 24.0. The summed E-state index contributed by atoms with van der Waals surface area (Å²) >= 11 is 3.33. The average molecular weight is 432 g/mol. The summed E-state index contributed by atoms with van der Waals surface area (Å²) in [5.41, 5.74) is 1.29. The predicted molar refractivity (Wildman–Crippen MR) is 110 cm³/mol. The Morgan fingerprint density at radius 1 is 1.07 bits per heavy atom. The summed E-state index contributed by atoms with van der Waals surface area (Å²) in [5, 5.41) is 0.377. The van der Waals surface area contributed by atoms with Crippen LogP contribution in [0.5, 0.6) is 5.75 Å². The molecular weight excluding hydrogens is 410 g/mol. The number of aromatic nitrogens is 1. The molecule has 0 unspecified atom stereocenters. The zero-order chi connectivity index (χ0) is 19.6. The van der Waals surface area contributed by atoms with Gasteiger partial charge in [-0.25, -0.2) is 9.59 Å². The van der Waals surface area contributed by atoms with Gasteiger partial charge in [0.15, 0.2) is 0 Å². The molecule has 0 atom stereocenters. The number of ether oxygens (including phenoxy) is 1. The molecule has 0 fully saturated rings. The second-order valence-corrected chi connectivity index (χ2v) is 8.36. The molecule has 5 nitrogen and oxygen atoms in total. The molecule has 0 amide bonds. The highest BCUT2D eigenvalue weighted by Crippen LogP contribution is 2.24. The molecule has 0 radical (unpaired) electrons. The lowest BCUT2D eigenvalue weighted by Gasteiger charge is -2.19. The topological polar surface area (TPSA) is 61.4 Å². The SMILES string of the molecule is CC(C)(C)c1ccc(OCCCn2c(=O)oc(=O)c3cc(Br)ccc32)cc1. The van der Waals surface area contributed by atoms with E-state index in [9.17, 15) is 9.59 Å². The van der Waals surface area contributed by atoms with E-state index >= 15 is 0 Å². The lowest BCUT2D eigenvalue weighted by Crippen LogP contribution is -2.25. The van der Waals surface area contributed by atoms with E-state index in [-0.39, 0.29) is 5.41 Å². The number of aryl methyl sites for hydroxylation is 1. The third-order valence-electron chi connectivity index (χ3n) is 4.38. The second kappa shape index (κ2) is 7.72. The van der Waals surface area contributed by atoms with E-state index in [1.807, 2.05) is 12.1 Å². The van der Waals surface area contributed by atoms with E-state index in [2.05, 4.69) is 48.8 Å². The van der Waals surface area contributed by atoms with E-state index in [1.54, 1.807) is 18.2 Å². The molecule has 0 spiro atoms. The smallest absolute Gasteiger partial charge is 0.422 e. The Hall–Kier alpha value is -2.34. The zero-order valence-corrected chi connectivity index (χ0v) is 17.2. The number of hydrogen-bond donors (Lipinski definition) is 0. The van der Waals surface area contributed by atoms with Crippen molar-refractivity contribution in [2.75, 3.05) is 6.61 Å². The van der Waals surface area contributed by atoms with E-state index in [0.717, 1.165) is 10.2 Å². The van der Waals surface area contributed by atoms with Crippen LogP contribution in [0.25, 0.3) is 10.9 Å². The highest BCUT2D eigenvalue weighted by Gasteiger charge is 2.13. The lowest BCUT2D eigenvalue weighted by molar-refractivity contribution is 0.296. The molecule has 1 heterocycles. The molecule has 0 aliphatic carbocycles. The first-order valence-corrected chi connectivity index (χ1v) is 9.61. The maximum absolute atomic E-state index is 12.1. The first kappa shape index (κ1) is 19.4. The lowest BCUT2D eigenvalue weighted by atomic mass is 9.87. The van der Waals surface area contributed by atoms with E-state index in [0.29, 0.717) is 30.5 Å². The minimum absolute atomic E-state index is 0.104. The third-order valence-corrected chi connectivity index (χ3v) is 4.88. The summed E-state index contributed by atoms with van der Waals surface area (Å²) in [6.07, 6.45) is 0.611. The summed E-state index contributed by atoms with van der Waals surface area (Å²) in [6.45, 7) is 7.37. The Morgan fingerprint density at radius 3 is 2.44 bits per heavy atom. The van der Waals surface area contributed by atoms with Crippen molar-refractivity contribution in [3.8, 4) is 5.75 Å². The van der Waals surface area contributed by atoms with Crippen molar-refractivity contribution < 1.29 is 9.15 Å². The summed E-state index contributed by atoms with van der Waals surface area (Å²) < 4.78 is 12.8. The first-order chi connectivity index (χ1) is 12.8. The monoisotopic (exact) mass is 431 g/mol. The fourth-order valence-electron chi connectivity index (χ4n) is 2.87. The summed E-state index contributed by atoms with van der Waals surface area (Å²) in [7, 11) is 0. The first-order valence-electron chi connectivity index (χ1n) is 8.82. The molecule has 0 saturated heterocycles. The number of hydrogen-bond acceptors (Lipinski definition) is 4. The van der Waals surface area contributed by atoms with Gasteiger partial charge in [0.2, 0.25) is 0 Å². The van der Waals surface area contributed by atoms with Crippen LogP contribution in [0.1, 0.15) is 32.8 Å². The van der Waals surface area contributed by atoms with Crippen LogP contribution in [-0.4, -0.2) is 11.2 Å². The maximum Gasteiger partial charge on any atom is 0.422 e. The number of rotatable bonds is 5. The normalized spacial score (nSPS) is 11.7. The van der Waals surface area contributed by atoms with Crippen LogP contribution < -0.4 is 16.1 Å². The van der Waals surface area contributed by atoms with Crippen LogP contribution in [0.3, 0.4) is 0 Å². The molecular formula is C21H22BrNO4. The zero-order valence-electron chi connectivity index (χ0n) is 15.6. The molecule has 27 heavy (non-hydrogen) atoms. The van der Waals surface area contributed by atoms with Crippen LogP contribution in [-0.2, 0) is 12.0 Å². The van der Waals surface area contributed by atoms with Gasteiger partial charge in [0, 0.05) is 11.0 Å². The van der Waals surface area contributed by atoms with Gasteiger partial charge in [-0.05, 0) is 47.7 Å². The number of benzene rings is 2. The fraction of sp³-hybridized carbons (Fsp3) is 0.333. The van der Waals surface area contributed by atoms with E-state index in [4.69, 9.17) is 9.15 Å². The Labute approximate surface area is 165 Å². The minimum atomic E-state index is -0.649. The van der Waals surface area contributed by atoms with Gasteiger partial charge in [0.05, 0.1) is 17.5 Å². The molecule has 0 aliphatic rings. The standard InChI is InChI=1S/C21H22BrNO4/c1-21(2,3)14-5-8-16(9-6-14)26-12-4-11-23-18-10-7-15(22)13-17(18)19(24)27-20(23)25/h5-10,13H,4,11-12H2,1-3H3. The Kier molecular flexibility index (Phi) is 5.56. The molecule has 3 rings (SSSR count). The molecule has 6 heteroatoms. The van der Waals surface area contributed by atoms with Crippen molar-refractivity contribution in [3.05, 3.63) is 73.5 Å².